The monoisotopic (exact) mass is 435 g/mol. The summed E-state index contributed by atoms with van der Waals surface area (Å²) in [5.74, 6) is 0.137. The summed E-state index contributed by atoms with van der Waals surface area (Å²) in [6.45, 7) is 6.94. The van der Waals surface area contributed by atoms with E-state index in [1.54, 1.807) is 11.0 Å². The lowest BCUT2D eigenvalue weighted by Crippen LogP contribution is -2.30. The first-order valence-electron chi connectivity index (χ1n) is 11.3. The number of aliphatic hydroxyl groups excluding tert-OH is 1. The largest absolute Gasteiger partial charge is 0.507 e. The number of nitrogens with zero attached hydrogens (tertiary/aromatic N) is 1. The molecule has 32 heavy (non-hydrogen) atoms. The predicted octanol–water partition coefficient (Wildman–Crippen LogP) is 4.63. The van der Waals surface area contributed by atoms with Crippen LogP contribution >= 0.6 is 0 Å². The smallest absolute Gasteiger partial charge is 0.295 e. The van der Waals surface area contributed by atoms with E-state index < -0.39 is 17.7 Å². The molecule has 2 aromatic carbocycles. The molecule has 2 atom stereocenters. The van der Waals surface area contributed by atoms with E-state index in [0.29, 0.717) is 18.7 Å². The highest BCUT2D eigenvalue weighted by Crippen LogP contribution is 2.41. The molecule has 2 aliphatic heterocycles. The Hall–Kier alpha value is -3.28. The second-order valence-electron chi connectivity index (χ2n) is 8.30. The van der Waals surface area contributed by atoms with Crippen LogP contribution in [0.5, 0.6) is 11.5 Å². The predicted molar refractivity (Wildman–Crippen MR) is 122 cm³/mol. The summed E-state index contributed by atoms with van der Waals surface area (Å²) >= 11 is 0. The SMILES string of the molecule is CCCCN1C(=O)C(=O)/C(=C(\O)c2ccc3c(c2)CC(C)O3)C1c1ccc(OCC)cc1. The number of carbonyl (C=O) groups is 2. The number of amides is 1. The first-order chi connectivity index (χ1) is 15.4. The highest BCUT2D eigenvalue weighted by Gasteiger charge is 2.45. The van der Waals surface area contributed by atoms with Crippen molar-refractivity contribution in [3.63, 3.8) is 0 Å². The van der Waals surface area contributed by atoms with E-state index in [2.05, 4.69) is 0 Å². The molecule has 0 bridgehead atoms. The fraction of sp³-hybridized carbons (Fsp3) is 0.385. The molecule has 6 nitrogen and oxygen atoms in total. The first-order valence-corrected chi connectivity index (χ1v) is 11.3. The molecule has 0 aliphatic carbocycles. The summed E-state index contributed by atoms with van der Waals surface area (Å²) in [4.78, 5) is 27.6. The van der Waals surface area contributed by atoms with Crippen LogP contribution in [0.4, 0.5) is 0 Å². The maximum Gasteiger partial charge on any atom is 0.295 e. The van der Waals surface area contributed by atoms with Crippen LogP contribution in [0.3, 0.4) is 0 Å². The Balaban J connectivity index is 1.79. The topological polar surface area (TPSA) is 76.1 Å². The van der Waals surface area contributed by atoms with Crippen LogP contribution in [-0.4, -0.2) is 41.0 Å². The van der Waals surface area contributed by atoms with Gasteiger partial charge in [-0.3, -0.25) is 9.59 Å². The average molecular weight is 436 g/mol. The number of hydrogen-bond donors (Lipinski definition) is 1. The average Bonchev–Trinajstić information content (AvgIpc) is 3.28. The van der Waals surface area contributed by atoms with Crippen LogP contribution in [0.25, 0.3) is 5.76 Å². The zero-order valence-corrected chi connectivity index (χ0v) is 18.8. The number of likely N-dealkylation sites (tertiary alicyclic amines) is 1. The molecule has 0 radical (unpaired) electrons. The summed E-state index contributed by atoms with van der Waals surface area (Å²) < 4.78 is 11.3. The zero-order valence-electron chi connectivity index (χ0n) is 18.8. The second kappa shape index (κ2) is 9.07. The number of unbranched alkanes of at least 4 members (excludes halogenated alkanes) is 1. The van der Waals surface area contributed by atoms with Gasteiger partial charge in [-0.15, -0.1) is 0 Å². The van der Waals surface area contributed by atoms with E-state index in [1.807, 2.05) is 57.2 Å². The second-order valence-corrected chi connectivity index (χ2v) is 8.30. The Morgan fingerprint density at radius 2 is 1.91 bits per heavy atom. The molecule has 6 heteroatoms. The first kappa shape index (κ1) is 21.9. The molecule has 1 amide bonds. The molecule has 2 unspecified atom stereocenters. The van der Waals surface area contributed by atoms with Crippen molar-refractivity contribution in [1.29, 1.82) is 0 Å². The third-order valence-electron chi connectivity index (χ3n) is 5.97. The van der Waals surface area contributed by atoms with Crippen LogP contribution in [-0.2, 0) is 16.0 Å². The van der Waals surface area contributed by atoms with Crippen LogP contribution in [0.15, 0.2) is 48.0 Å². The molecule has 2 aliphatic rings. The molecule has 4 rings (SSSR count). The van der Waals surface area contributed by atoms with Gasteiger partial charge in [0.1, 0.15) is 23.4 Å². The van der Waals surface area contributed by atoms with Gasteiger partial charge in [0.15, 0.2) is 0 Å². The van der Waals surface area contributed by atoms with Crippen molar-refractivity contribution in [2.24, 2.45) is 0 Å². The summed E-state index contributed by atoms with van der Waals surface area (Å²) in [5.41, 5.74) is 2.40. The molecule has 0 saturated carbocycles. The van der Waals surface area contributed by atoms with Gasteiger partial charge in [-0.05, 0) is 61.7 Å². The highest BCUT2D eigenvalue weighted by molar-refractivity contribution is 6.46. The Kier molecular flexibility index (Phi) is 6.21. The number of fused-ring (bicyclic) bond motifs is 1. The molecule has 1 fully saturated rings. The fourth-order valence-electron chi connectivity index (χ4n) is 4.42. The quantitative estimate of drug-likeness (QED) is 0.390. The van der Waals surface area contributed by atoms with E-state index in [4.69, 9.17) is 9.47 Å². The van der Waals surface area contributed by atoms with Crippen molar-refractivity contribution in [3.05, 3.63) is 64.7 Å². The lowest BCUT2D eigenvalue weighted by atomic mass is 9.94. The van der Waals surface area contributed by atoms with E-state index in [1.165, 1.54) is 0 Å². The normalized spacial score (nSPS) is 21.5. The summed E-state index contributed by atoms with van der Waals surface area (Å²) in [5, 5.41) is 11.2. The van der Waals surface area contributed by atoms with Crippen molar-refractivity contribution >= 4 is 17.4 Å². The van der Waals surface area contributed by atoms with Crippen LogP contribution in [0, 0.1) is 0 Å². The molecule has 1 N–H and O–H groups in total. The lowest BCUT2D eigenvalue weighted by molar-refractivity contribution is -0.139. The molecular formula is C26H29NO5. The number of aliphatic hydroxyl groups is 1. The number of rotatable bonds is 7. The van der Waals surface area contributed by atoms with Gasteiger partial charge in [0.2, 0.25) is 0 Å². The summed E-state index contributed by atoms with van der Waals surface area (Å²) in [6.07, 6.45) is 2.48. The van der Waals surface area contributed by atoms with Gasteiger partial charge >= 0.3 is 0 Å². The zero-order chi connectivity index (χ0) is 22.8. The van der Waals surface area contributed by atoms with Gasteiger partial charge in [-0.2, -0.15) is 0 Å². The molecule has 0 aromatic heterocycles. The lowest BCUT2D eigenvalue weighted by Gasteiger charge is -2.25. The molecule has 168 valence electrons. The Morgan fingerprint density at radius 1 is 1.16 bits per heavy atom. The van der Waals surface area contributed by atoms with Gasteiger partial charge in [0.05, 0.1) is 18.2 Å². The van der Waals surface area contributed by atoms with Crippen molar-refractivity contribution < 1.29 is 24.2 Å². The van der Waals surface area contributed by atoms with Gasteiger partial charge in [-0.1, -0.05) is 25.5 Å². The number of Topliss-reactive ketones (excluding diaryl/α,β-unsaturated/α-hetero) is 1. The third-order valence-corrected chi connectivity index (χ3v) is 5.97. The molecule has 1 saturated heterocycles. The Morgan fingerprint density at radius 3 is 2.59 bits per heavy atom. The van der Waals surface area contributed by atoms with E-state index in [-0.39, 0.29) is 17.4 Å². The van der Waals surface area contributed by atoms with Crippen molar-refractivity contribution in [2.75, 3.05) is 13.2 Å². The van der Waals surface area contributed by atoms with E-state index in [9.17, 15) is 14.7 Å². The fourth-order valence-corrected chi connectivity index (χ4v) is 4.42. The molecular weight excluding hydrogens is 406 g/mol. The van der Waals surface area contributed by atoms with Gasteiger partial charge < -0.3 is 19.5 Å². The maximum absolute atomic E-state index is 13.1. The number of benzene rings is 2. The molecule has 0 spiro atoms. The standard InChI is InChI=1S/C26H29NO5/c1-4-6-13-27-23(17-7-10-20(11-8-17)31-5-2)22(25(29)26(27)30)24(28)18-9-12-21-19(15-18)14-16(3)32-21/h7-12,15-16,23,28H,4-6,13-14H2,1-3H3/b24-22-. The maximum atomic E-state index is 13.1. The Bertz CT molecular complexity index is 1060. The van der Waals surface area contributed by atoms with Gasteiger partial charge in [0.25, 0.3) is 11.7 Å². The number of ketones is 1. The molecule has 2 aromatic rings. The van der Waals surface area contributed by atoms with Gasteiger partial charge in [-0.25, -0.2) is 0 Å². The Labute approximate surface area is 188 Å². The molecule has 2 heterocycles. The van der Waals surface area contributed by atoms with Gasteiger partial charge in [0, 0.05) is 18.5 Å². The van der Waals surface area contributed by atoms with E-state index in [0.717, 1.165) is 41.9 Å². The van der Waals surface area contributed by atoms with Crippen LogP contribution in [0.2, 0.25) is 0 Å². The minimum atomic E-state index is -0.650. The third kappa shape index (κ3) is 3.97. The number of hydrogen-bond acceptors (Lipinski definition) is 5. The van der Waals surface area contributed by atoms with Crippen molar-refractivity contribution in [2.45, 2.75) is 52.2 Å². The summed E-state index contributed by atoms with van der Waals surface area (Å²) in [6, 6.07) is 12.1. The van der Waals surface area contributed by atoms with Crippen LogP contribution < -0.4 is 9.47 Å². The minimum Gasteiger partial charge on any atom is -0.507 e. The minimum absolute atomic E-state index is 0.0749. The van der Waals surface area contributed by atoms with Crippen LogP contribution in [0.1, 0.15) is 56.3 Å². The van der Waals surface area contributed by atoms with Crippen molar-refractivity contribution in [3.8, 4) is 11.5 Å². The number of ether oxygens (including phenoxy) is 2. The van der Waals surface area contributed by atoms with Crippen molar-refractivity contribution in [1.82, 2.24) is 4.90 Å². The van der Waals surface area contributed by atoms with E-state index >= 15 is 0 Å². The highest BCUT2D eigenvalue weighted by atomic mass is 16.5. The summed E-state index contributed by atoms with van der Waals surface area (Å²) in [7, 11) is 0. The number of carbonyl (C=O) groups excluding carboxylic acids is 2.